The van der Waals surface area contributed by atoms with Crippen molar-refractivity contribution in [3.05, 3.63) is 146 Å². The Morgan fingerprint density at radius 1 is 0.644 bits per heavy atom. The van der Waals surface area contributed by atoms with Gasteiger partial charge in [-0.25, -0.2) is 26.8 Å². The van der Waals surface area contributed by atoms with Gasteiger partial charge in [0, 0.05) is 84.3 Å². The highest BCUT2D eigenvalue weighted by Crippen LogP contribution is 2.26. The van der Waals surface area contributed by atoms with Gasteiger partial charge in [-0.15, -0.1) is 0 Å². The second-order valence-corrected chi connectivity index (χ2v) is 18.2. The minimum atomic E-state index is -3.66. The molecule has 0 radical (unpaired) electrons. The summed E-state index contributed by atoms with van der Waals surface area (Å²) in [4.78, 5) is 36.2. The third kappa shape index (κ3) is 11.1. The Bertz CT molecular complexity index is 2490. The Kier molecular flexibility index (Phi) is 14.1. The number of nitrogens with one attached hydrogen (secondary N) is 1. The van der Waals surface area contributed by atoms with Gasteiger partial charge in [0.05, 0.1) is 22.2 Å². The fraction of sp³-hybridized carbons (Fsp3) is 0.238. The van der Waals surface area contributed by atoms with E-state index in [1.54, 1.807) is 65.8 Å². The summed E-state index contributed by atoms with van der Waals surface area (Å²) >= 11 is 0. The number of oxazole rings is 2. The molecule has 2 atom stereocenters. The van der Waals surface area contributed by atoms with E-state index in [1.807, 2.05) is 60.4 Å². The van der Waals surface area contributed by atoms with Gasteiger partial charge in [-0.1, -0.05) is 36.4 Å². The predicted molar refractivity (Wildman–Crippen MR) is 222 cm³/mol. The molecule has 1 N–H and O–H groups in total. The third-order valence-electron chi connectivity index (χ3n) is 9.58. The number of halogens is 1. The van der Waals surface area contributed by atoms with Crippen molar-refractivity contribution in [2.45, 2.75) is 35.7 Å². The molecular formula is C42H43ClN6O8S2. The quantitative estimate of drug-likeness (QED) is 0.179. The first-order valence-corrected chi connectivity index (χ1v) is 22.4. The van der Waals surface area contributed by atoms with E-state index < -0.39 is 19.1 Å². The molecule has 308 valence electrons. The van der Waals surface area contributed by atoms with Gasteiger partial charge >= 0.3 is 0 Å². The molecule has 0 saturated carbocycles. The Hall–Kier alpha value is -5.65. The van der Waals surface area contributed by atoms with Gasteiger partial charge in [-0.2, -0.15) is 4.31 Å². The van der Waals surface area contributed by atoms with Crippen molar-refractivity contribution < 1.29 is 35.3 Å². The van der Waals surface area contributed by atoms with E-state index in [-0.39, 0.29) is 34.2 Å². The van der Waals surface area contributed by atoms with E-state index in [1.165, 1.54) is 29.2 Å². The monoisotopic (exact) mass is 858 g/mol. The number of carbonyl (C=O) groups is 2. The highest BCUT2D eigenvalue weighted by molar-refractivity contribution is 8.13. The molecule has 4 heterocycles. The standard InChI is InChI=1S/C21H21N3O4S.C12H16N2O.C9H6ClNO3S/c1-16-14-23(21(25)18-5-3-2-4-6-18)11-12-24(16)29(26,27)19-9-7-17(8-10-19)20-13-22-15-28-20;1-10-9-14(8-7-13-10)12(15)11-5-3-2-4-6-11;10-15(12,13)8-3-1-7(2-4-8)9-5-11-6-14-9/h2-10,13,15-16H,11-12,14H2,1H3;2-6,10,13H,7-9H2,1H3;1-6H. The minimum absolute atomic E-state index is 0.0624. The zero-order chi connectivity index (χ0) is 42.0. The molecule has 0 bridgehead atoms. The number of sulfonamides is 1. The van der Waals surface area contributed by atoms with Gasteiger partial charge in [-0.3, -0.25) is 9.59 Å². The molecule has 2 saturated heterocycles. The maximum atomic E-state index is 13.1. The highest BCUT2D eigenvalue weighted by atomic mass is 35.7. The number of hydrogen-bond acceptors (Lipinski definition) is 11. The van der Waals surface area contributed by atoms with Gasteiger partial charge in [-0.05, 0) is 86.6 Å². The van der Waals surface area contributed by atoms with E-state index in [4.69, 9.17) is 19.5 Å². The molecule has 0 aliphatic carbocycles. The van der Waals surface area contributed by atoms with Crippen molar-refractivity contribution in [1.29, 1.82) is 0 Å². The molecule has 17 heteroatoms. The molecule has 8 rings (SSSR count). The fourth-order valence-electron chi connectivity index (χ4n) is 6.55. The van der Waals surface area contributed by atoms with Crippen LogP contribution in [-0.4, -0.2) is 104 Å². The SMILES string of the molecule is CC1CN(C(=O)c2ccccc2)CCN1.CC1CN(C(=O)c2ccccc2)CCN1S(=O)(=O)c1ccc(-c2cnco2)cc1.O=S(=O)(Cl)c1ccc(-c2cnco2)cc1. The first-order chi connectivity index (χ1) is 28.3. The lowest BCUT2D eigenvalue weighted by Crippen LogP contribution is -2.55. The van der Waals surface area contributed by atoms with Crippen molar-refractivity contribution in [2.75, 3.05) is 39.3 Å². The van der Waals surface area contributed by atoms with Gasteiger partial charge < -0.3 is 24.0 Å². The van der Waals surface area contributed by atoms with E-state index in [9.17, 15) is 26.4 Å². The lowest BCUT2D eigenvalue weighted by atomic mass is 10.1. The topological polar surface area (TPSA) is 176 Å². The lowest BCUT2D eigenvalue weighted by Gasteiger charge is -2.39. The maximum Gasteiger partial charge on any atom is 0.261 e. The van der Waals surface area contributed by atoms with Crippen LogP contribution in [-0.2, 0) is 19.1 Å². The molecule has 2 amide bonds. The lowest BCUT2D eigenvalue weighted by molar-refractivity contribution is 0.0641. The zero-order valence-corrected chi connectivity index (χ0v) is 34.7. The predicted octanol–water partition coefficient (Wildman–Crippen LogP) is 6.27. The molecule has 14 nitrogen and oxygen atoms in total. The number of nitrogens with zero attached hydrogens (tertiary/aromatic N) is 5. The van der Waals surface area contributed by atoms with Crippen LogP contribution in [0, 0.1) is 0 Å². The largest absolute Gasteiger partial charge is 0.444 e. The van der Waals surface area contributed by atoms with Gasteiger partial charge in [0.2, 0.25) is 10.0 Å². The van der Waals surface area contributed by atoms with E-state index in [0.29, 0.717) is 36.2 Å². The Morgan fingerprint density at radius 3 is 1.54 bits per heavy atom. The molecule has 59 heavy (non-hydrogen) atoms. The second kappa shape index (κ2) is 19.4. The fourth-order valence-corrected chi connectivity index (χ4v) is 8.93. The molecule has 4 aromatic carbocycles. The van der Waals surface area contributed by atoms with Crippen LogP contribution < -0.4 is 5.32 Å². The van der Waals surface area contributed by atoms with Gasteiger partial charge in [0.25, 0.3) is 20.9 Å². The maximum absolute atomic E-state index is 13.1. The molecule has 2 aliphatic rings. The van der Waals surface area contributed by atoms with Crippen LogP contribution in [0.15, 0.2) is 153 Å². The summed E-state index contributed by atoms with van der Waals surface area (Å²) in [6, 6.07) is 31.2. The molecule has 6 aromatic rings. The summed E-state index contributed by atoms with van der Waals surface area (Å²) in [5.74, 6) is 1.22. The smallest absolute Gasteiger partial charge is 0.261 e. The van der Waals surface area contributed by atoms with Crippen LogP contribution in [0.5, 0.6) is 0 Å². The normalized spacial score (nSPS) is 17.2. The van der Waals surface area contributed by atoms with Gasteiger partial charge in [0.1, 0.15) is 0 Å². The van der Waals surface area contributed by atoms with Crippen molar-refractivity contribution in [3.8, 4) is 22.6 Å². The first-order valence-electron chi connectivity index (χ1n) is 18.7. The number of aromatic nitrogens is 2. The van der Waals surface area contributed by atoms with Crippen LogP contribution in [0.2, 0.25) is 0 Å². The van der Waals surface area contributed by atoms with Crippen molar-refractivity contribution in [2.24, 2.45) is 0 Å². The van der Waals surface area contributed by atoms with E-state index >= 15 is 0 Å². The summed E-state index contributed by atoms with van der Waals surface area (Å²) in [5.41, 5.74) is 2.90. The first kappa shape index (κ1) is 42.9. The molecule has 0 spiro atoms. The Morgan fingerprint density at radius 2 is 1.12 bits per heavy atom. The molecule has 2 aliphatic heterocycles. The summed E-state index contributed by atoms with van der Waals surface area (Å²) in [7, 11) is -2.15. The number of carbonyl (C=O) groups excluding carboxylic acids is 2. The van der Waals surface area contributed by atoms with Crippen molar-refractivity contribution in [3.63, 3.8) is 0 Å². The number of piperazine rings is 2. The summed E-state index contributed by atoms with van der Waals surface area (Å²) < 4.78 is 59.9. The van der Waals surface area contributed by atoms with Crippen LogP contribution in [0.1, 0.15) is 34.6 Å². The van der Waals surface area contributed by atoms with Gasteiger partial charge in [0.15, 0.2) is 24.3 Å². The van der Waals surface area contributed by atoms with Crippen molar-refractivity contribution >= 4 is 41.6 Å². The average molecular weight is 859 g/mol. The van der Waals surface area contributed by atoms with Crippen LogP contribution in [0.25, 0.3) is 22.6 Å². The molecule has 2 unspecified atom stereocenters. The molecule has 2 aromatic heterocycles. The number of hydrogen-bond donors (Lipinski definition) is 1. The zero-order valence-electron chi connectivity index (χ0n) is 32.3. The number of rotatable bonds is 7. The summed E-state index contributed by atoms with van der Waals surface area (Å²) in [5, 5.41) is 3.32. The van der Waals surface area contributed by atoms with Crippen molar-refractivity contribution in [1.82, 2.24) is 29.4 Å². The Balaban J connectivity index is 0.000000164. The summed E-state index contributed by atoms with van der Waals surface area (Å²) in [6.45, 7) is 7.38. The molecular weight excluding hydrogens is 816 g/mol. The minimum Gasteiger partial charge on any atom is -0.444 e. The van der Waals surface area contributed by atoms with E-state index in [0.717, 1.165) is 36.3 Å². The van der Waals surface area contributed by atoms with E-state index in [2.05, 4.69) is 22.2 Å². The van der Waals surface area contributed by atoms with Crippen LogP contribution in [0.3, 0.4) is 0 Å². The third-order valence-corrected chi connectivity index (χ3v) is 13.0. The number of amides is 2. The van der Waals surface area contributed by atoms with Crippen LogP contribution >= 0.6 is 10.7 Å². The average Bonchev–Trinajstić information content (AvgIpc) is 4.01. The van der Waals surface area contributed by atoms with Crippen LogP contribution in [0.4, 0.5) is 0 Å². The highest BCUT2D eigenvalue weighted by Gasteiger charge is 2.35. The molecule has 2 fully saturated rings. The summed E-state index contributed by atoms with van der Waals surface area (Å²) in [6.07, 6.45) is 5.76. The second-order valence-electron chi connectivity index (χ2n) is 13.8. The number of benzene rings is 4. The Labute approximate surface area is 347 Å².